The molecule has 2 atom stereocenters. The molecule has 1 fully saturated rings. The highest BCUT2D eigenvalue weighted by Gasteiger charge is 2.27. The van der Waals surface area contributed by atoms with E-state index in [0.29, 0.717) is 0 Å². The van der Waals surface area contributed by atoms with Gasteiger partial charge in [0.1, 0.15) is 12.2 Å². The second kappa shape index (κ2) is 5.43. The van der Waals surface area contributed by atoms with Crippen molar-refractivity contribution in [2.45, 2.75) is 12.2 Å². The van der Waals surface area contributed by atoms with E-state index in [4.69, 9.17) is 9.47 Å². The van der Waals surface area contributed by atoms with Crippen LogP contribution >= 0.6 is 0 Å². The van der Waals surface area contributed by atoms with Crippen molar-refractivity contribution in [3.05, 3.63) is 35.9 Å². The van der Waals surface area contributed by atoms with Gasteiger partial charge in [-0.1, -0.05) is 30.3 Å². The third kappa shape index (κ3) is 2.61. The molecule has 16 heavy (non-hydrogen) atoms. The van der Waals surface area contributed by atoms with Crippen LogP contribution in [0, 0.1) is 0 Å². The van der Waals surface area contributed by atoms with Crippen molar-refractivity contribution in [3.63, 3.8) is 0 Å². The first-order valence-corrected chi connectivity index (χ1v) is 5.69. The van der Waals surface area contributed by atoms with Gasteiger partial charge in [0.05, 0.1) is 6.61 Å². The van der Waals surface area contributed by atoms with Crippen LogP contribution in [0.5, 0.6) is 0 Å². The molecule has 3 nitrogen and oxygen atoms in total. The van der Waals surface area contributed by atoms with E-state index in [-0.39, 0.29) is 12.2 Å². The van der Waals surface area contributed by atoms with Crippen LogP contribution in [-0.4, -0.2) is 44.9 Å². The molecule has 1 aromatic rings. The lowest BCUT2D eigenvalue weighted by molar-refractivity contribution is -0.0427. The monoisotopic (exact) mass is 221 g/mol. The Kier molecular flexibility index (Phi) is 3.93. The molecule has 1 aromatic carbocycles. The average molecular weight is 221 g/mol. The fourth-order valence-electron chi connectivity index (χ4n) is 2.09. The Morgan fingerprint density at radius 2 is 2.06 bits per heavy atom. The molecule has 0 spiro atoms. The second-order valence-corrected chi connectivity index (χ2v) is 4.24. The molecule has 1 heterocycles. The summed E-state index contributed by atoms with van der Waals surface area (Å²) in [6.45, 7) is 2.63. The Bertz CT molecular complexity index is 315. The van der Waals surface area contributed by atoms with E-state index in [1.54, 1.807) is 7.11 Å². The summed E-state index contributed by atoms with van der Waals surface area (Å²) in [4.78, 5) is 2.25. The summed E-state index contributed by atoms with van der Waals surface area (Å²) < 4.78 is 11.4. The van der Waals surface area contributed by atoms with Crippen LogP contribution in [0.4, 0.5) is 0 Å². The summed E-state index contributed by atoms with van der Waals surface area (Å²) in [5.41, 5.74) is 1.20. The number of hydrogen-bond acceptors (Lipinski definition) is 3. The SMILES string of the molecule is COC1CN(C)CCOC1c1ccccc1. The zero-order valence-electron chi connectivity index (χ0n) is 9.93. The van der Waals surface area contributed by atoms with Crippen molar-refractivity contribution in [1.82, 2.24) is 4.90 Å². The Balaban J connectivity index is 2.17. The van der Waals surface area contributed by atoms with Gasteiger partial charge in [-0.3, -0.25) is 0 Å². The van der Waals surface area contributed by atoms with Gasteiger partial charge in [0, 0.05) is 20.2 Å². The highest BCUT2D eigenvalue weighted by molar-refractivity contribution is 5.19. The largest absolute Gasteiger partial charge is 0.377 e. The molecule has 1 aliphatic heterocycles. The number of benzene rings is 1. The highest BCUT2D eigenvalue weighted by Crippen LogP contribution is 2.25. The Morgan fingerprint density at radius 1 is 1.31 bits per heavy atom. The first kappa shape index (κ1) is 11.6. The maximum absolute atomic E-state index is 5.90. The van der Waals surface area contributed by atoms with Gasteiger partial charge in [0.2, 0.25) is 0 Å². The predicted molar refractivity (Wildman–Crippen MR) is 63.4 cm³/mol. The summed E-state index contributed by atoms with van der Waals surface area (Å²) in [6, 6.07) is 10.3. The van der Waals surface area contributed by atoms with Crippen LogP contribution in [0.15, 0.2) is 30.3 Å². The summed E-state index contributed by atoms with van der Waals surface area (Å²) in [7, 11) is 3.85. The summed E-state index contributed by atoms with van der Waals surface area (Å²) in [5, 5.41) is 0. The van der Waals surface area contributed by atoms with Gasteiger partial charge in [-0.25, -0.2) is 0 Å². The Morgan fingerprint density at radius 3 is 2.75 bits per heavy atom. The third-order valence-corrected chi connectivity index (χ3v) is 3.03. The van der Waals surface area contributed by atoms with Crippen molar-refractivity contribution in [2.24, 2.45) is 0 Å². The van der Waals surface area contributed by atoms with E-state index in [1.807, 2.05) is 18.2 Å². The van der Waals surface area contributed by atoms with Gasteiger partial charge in [0.15, 0.2) is 0 Å². The lowest BCUT2D eigenvalue weighted by atomic mass is 10.0. The van der Waals surface area contributed by atoms with Crippen LogP contribution in [0.2, 0.25) is 0 Å². The number of nitrogens with zero attached hydrogens (tertiary/aromatic N) is 1. The highest BCUT2D eigenvalue weighted by atomic mass is 16.5. The zero-order valence-corrected chi connectivity index (χ0v) is 9.93. The van der Waals surface area contributed by atoms with E-state index in [1.165, 1.54) is 5.56 Å². The number of hydrogen-bond donors (Lipinski definition) is 0. The van der Waals surface area contributed by atoms with E-state index in [0.717, 1.165) is 19.7 Å². The molecule has 0 radical (unpaired) electrons. The maximum atomic E-state index is 5.90. The quantitative estimate of drug-likeness (QED) is 0.759. The third-order valence-electron chi connectivity index (χ3n) is 3.03. The molecule has 0 bridgehead atoms. The molecular weight excluding hydrogens is 202 g/mol. The number of likely N-dealkylation sites (N-methyl/N-ethyl adjacent to an activating group) is 1. The maximum Gasteiger partial charge on any atom is 0.110 e. The van der Waals surface area contributed by atoms with Crippen LogP contribution in [0.25, 0.3) is 0 Å². The Hall–Kier alpha value is -0.900. The van der Waals surface area contributed by atoms with Crippen molar-refractivity contribution >= 4 is 0 Å². The van der Waals surface area contributed by atoms with E-state index >= 15 is 0 Å². The molecule has 88 valence electrons. The lowest BCUT2D eigenvalue weighted by Gasteiger charge is -2.25. The summed E-state index contributed by atoms with van der Waals surface area (Å²) in [5.74, 6) is 0. The van der Waals surface area contributed by atoms with Crippen molar-refractivity contribution < 1.29 is 9.47 Å². The molecule has 1 aliphatic rings. The van der Waals surface area contributed by atoms with E-state index in [9.17, 15) is 0 Å². The van der Waals surface area contributed by atoms with Crippen LogP contribution in [0.3, 0.4) is 0 Å². The topological polar surface area (TPSA) is 21.7 Å². The standard InChI is InChI=1S/C13H19NO2/c1-14-8-9-16-13(12(10-14)15-2)11-6-4-3-5-7-11/h3-7,12-13H,8-10H2,1-2H3. The fraction of sp³-hybridized carbons (Fsp3) is 0.538. The normalized spacial score (nSPS) is 27.6. The summed E-state index contributed by atoms with van der Waals surface area (Å²) in [6.07, 6.45) is 0.158. The van der Waals surface area contributed by atoms with E-state index in [2.05, 4.69) is 24.1 Å². The molecule has 2 rings (SSSR count). The minimum absolute atomic E-state index is 0.0520. The lowest BCUT2D eigenvalue weighted by Crippen LogP contribution is -2.32. The number of methoxy groups -OCH3 is 1. The van der Waals surface area contributed by atoms with Crippen LogP contribution in [-0.2, 0) is 9.47 Å². The Labute approximate surface area is 97.0 Å². The van der Waals surface area contributed by atoms with Gasteiger partial charge in [-0.2, -0.15) is 0 Å². The van der Waals surface area contributed by atoms with Crippen LogP contribution < -0.4 is 0 Å². The van der Waals surface area contributed by atoms with Gasteiger partial charge >= 0.3 is 0 Å². The van der Waals surface area contributed by atoms with Gasteiger partial charge in [0.25, 0.3) is 0 Å². The minimum atomic E-state index is 0.0520. The minimum Gasteiger partial charge on any atom is -0.377 e. The van der Waals surface area contributed by atoms with Crippen molar-refractivity contribution in [3.8, 4) is 0 Å². The van der Waals surface area contributed by atoms with Gasteiger partial charge in [-0.05, 0) is 12.6 Å². The molecule has 1 saturated heterocycles. The summed E-state index contributed by atoms with van der Waals surface area (Å²) >= 11 is 0. The molecule has 0 aliphatic carbocycles. The molecular formula is C13H19NO2. The smallest absolute Gasteiger partial charge is 0.110 e. The first-order chi connectivity index (χ1) is 7.81. The molecule has 0 amide bonds. The van der Waals surface area contributed by atoms with E-state index < -0.39 is 0 Å². The van der Waals surface area contributed by atoms with Gasteiger partial charge < -0.3 is 14.4 Å². The van der Waals surface area contributed by atoms with Crippen molar-refractivity contribution in [1.29, 1.82) is 0 Å². The molecule has 0 saturated carbocycles. The number of ether oxygens (including phenoxy) is 2. The number of rotatable bonds is 2. The average Bonchev–Trinajstić information content (AvgIpc) is 2.51. The molecule has 3 heteroatoms. The fourth-order valence-corrected chi connectivity index (χ4v) is 2.09. The van der Waals surface area contributed by atoms with Crippen LogP contribution in [0.1, 0.15) is 11.7 Å². The molecule has 2 unspecified atom stereocenters. The molecule has 0 aromatic heterocycles. The second-order valence-electron chi connectivity index (χ2n) is 4.24. The zero-order chi connectivity index (χ0) is 11.4. The molecule has 0 N–H and O–H groups in total. The predicted octanol–water partition coefficient (Wildman–Crippen LogP) is 1.70. The van der Waals surface area contributed by atoms with Gasteiger partial charge in [-0.15, -0.1) is 0 Å². The van der Waals surface area contributed by atoms with Crippen molar-refractivity contribution in [2.75, 3.05) is 33.9 Å². The first-order valence-electron chi connectivity index (χ1n) is 5.69.